The molecule has 0 saturated carbocycles. The fourth-order valence-corrected chi connectivity index (χ4v) is 4.06. The number of nitrogens with one attached hydrogen (secondary N) is 1. The van der Waals surface area contributed by atoms with E-state index in [2.05, 4.69) is 44.4 Å². The maximum Gasteiger partial charge on any atom is 0.162 e. The molecular weight excluding hydrogens is 418 g/mol. The van der Waals surface area contributed by atoms with Crippen molar-refractivity contribution >= 4 is 22.6 Å². The number of hydrogen-bond donors (Lipinski definition) is 1. The molecule has 1 aromatic carbocycles. The number of benzene rings is 1. The molecule has 1 atom stereocenters. The first-order chi connectivity index (χ1) is 11.0. The van der Waals surface area contributed by atoms with Crippen molar-refractivity contribution in [1.29, 1.82) is 0 Å². The highest BCUT2D eigenvalue weighted by Crippen LogP contribution is 2.29. The van der Waals surface area contributed by atoms with Crippen LogP contribution in [-0.2, 0) is 19.4 Å². The quantitative estimate of drug-likeness (QED) is 0.586. The summed E-state index contributed by atoms with van der Waals surface area (Å²) in [5.41, 5.74) is 1.16. The van der Waals surface area contributed by atoms with E-state index in [1.54, 1.807) is 0 Å². The normalized spacial score (nSPS) is 17.3. The second-order valence-corrected chi connectivity index (χ2v) is 6.64. The predicted octanol–water partition coefficient (Wildman–Crippen LogP) is 3.74. The van der Waals surface area contributed by atoms with Crippen LogP contribution in [0.3, 0.4) is 0 Å². The van der Waals surface area contributed by atoms with Crippen LogP contribution in [-0.4, -0.2) is 16.1 Å². The summed E-state index contributed by atoms with van der Waals surface area (Å²) in [6.45, 7) is 3.72. The Labute approximate surface area is 146 Å². The van der Waals surface area contributed by atoms with Gasteiger partial charge < -0.3 is 9.88 Å². The number of hydrogen-bond acceptors (Lipinski definition) is 2. The van der Waals surface area contributed by atoms with Gasteiger partial charge in [0, 0.05) is 25.6 Å². The highest BCUT2D eigenvalue weighted by atomic mass is 127. The molecule has 0 fully saturated rings. The molecule has 1 unspecified atom stereocenters. The smallest absolute Gasteiger partial charge is 0.162 e. The van der Waals surface area contributed by atoms with Gasteiger partial charge in [-0.1, -0.05) is 6.92 Å². The van der Waals surface area contributed by atoms with Crippen molar-refractivity contribution in [2.24, 2.45) is 0 Å². The van der Waals surface area contributed by atoms with Crippen LogP contribution in [0.1, 0.15) is 36.5 Å². The van der Waals surface area contributed by atoms with Crippen molar-refractivity contribution in [2.75, 3.05) is 6.54 Å². The van der Waals surface area contributed by atoms with Gasteiger partial charge in [0.1, 0.15) is 15.3 Å². The zero-order valence-electron chi connectivity index (χ0n) is 12.7. The molecule has 1 aromatic heterocycles. The third kappa shape index (κ3) is 3.26. The van der Waals surface area contributed by atoms with Crippen LogP contribution in [0.5, 0.6) is 0 Å². The Bertz CT molecular complexity index is 730. The fourth-order valence-electron chi connectivity index (χ4n) is 3.11. The van der Waals surface area contributed by atoms with Gasteiger partial charge in [-0.15, -0.1) is 0 Å². The highest BCUT2D eigenvalue weighted by molar-refractivity contribution is 14.1. The van der Waals surface area contributed by atoms with Crippen LogP contribution >= 0.6 is 22.6 Å². The van der Waals surface area contributed by atoms with E-state index in [0.717, 1.165) is 40.8 Å². The lowest BCUT2D eigenvalue weighted by atomic mass is 10.0. The van der Waals surface area contributed by atoms with Gasteiger partial charge in [0.15, 0.2) is 11.6 Å². The average Bonchev–Trinajstić information content (AvgIpc) is 2.86. The molecule has 7 heteroatoms. The standard InChI is InChI=1S/C16H17F3IN3/c1-2-13-22-16(20)15-12(21-5-6-23(13)15)4-3-9-7-10(17)8-11(18)14(9)19/h7-8,12,21H,2-6H2,1H3. The molecule has 1 aliphatic heterocycles. The summed E-state index contributed by atoms with van der Waals surface area (Å²) in [6.07, 6.45) is 1.68. The summed E-state index contributed by atoms with van der Waals surface area (Å²) in [7, 11) is 0. The SMILES string of the molecule is CCc1nc(I)c2n1CCNC2CCc1cc(F)cc(F)c1F. The predicted molar refractivity (Wildman–Crippen MR) is 89.7 cm³/mol. The van der Waals surface area contributed by atoms with Gasteiger partial charge in [-0.25, -0.2) is 18.2 Å². The number of halogens is 4. The summed E-state index contributed by atoms with van der Waals surface area (Å²) in [5.74, 6) is -1.80. The Kier molecular flexibility index (Phi) is 4.96. The minimum atomic E-state index is -1.13. The Morgan fingerprint density at radius 2 is 2.13 bits per heavy atom. The number of rotatable bonds is 4. The van der Waals surface area contributed by atoms with Crippen molar-refractivity contribution in [3.05, 3.63) is 50.4 Å². The molecule has 23 heavy (non-hydrogen) atoms. The zero-order valence-corrected chi connectivity index (χ0v) is 14.8. The second-order valence-electron chi connectivity index (χ2n) is 5.62. The van der Waals surface area contributed by atoms with Gasteiger partial charge in [-0.2, -0.15) is 0 Å². The van der Waals surface area contributed by atoms with E-state index in [9.17, 15) is 13.2 Å². The second kappa shape index (κ2) is 6.80. The van der Waals surface area contributed by atoms with Crippen molar-refractivity contribution in [1.82, 2.24) is 14.9 Å². The Morgan fingerprint density at radius 3 is 2.87 bits per heavy atom. The first-order valence-electron chi connectivity index (χ1n) is 7.62. The molecule has 3 rings (SSSR count). The van der Waals surface area contributed by atoms with Crippen molar-refractivity contribution in [3.8, 4) is 0 Å². The number of imidazole rings is 1. The van der Waals surface area contributed by atoms with Crippen molar-refractivity contribution < 1.29 is 13.2 Å². The lowest BCUT2D eigenvalue weighted by Gasteiger charge is -2.27. The molecule has 0 saturated heterocycles. The van der Waals surface area contributed by atoms with Crippen LogP contribution in [0.2, 0.25) is 0 Å². The van der Waals surface area contributed by atoms with Gasteiger partial charge in [-0.3, -0.25) is 0 Å². The van der Waals surface area contributed by atoms with Crippen LogP contribution in [0.4, 0.5) is 13.2 Å². The van der Waals surface area contributed by atoms with Crippen molar-refractivity contribution in [3.63, 3.8) is 0 Å². The van der Waals surface area contributed by atoms with E-state index in [-0.39, 0.29) is 18.0 Å². The van der Waals surface area contributed by atoms with Crippen LogP contribution in [0, 0.1) is 21.2 Å². The number of fused-ring (bicyclic) bond motifs is 1. The van der Waals surface area contributed by atoms with Crippen LogP contribution < -0.4 is 5.32 Å². The first kappa shape index (κ1) is 16.8. The number of nitrogens with zero attached hydrogens (tertiary/aromatic N) is 2. The third-order valence-corrected chi connectivity index (χ3v) is 4.98. The topological polar surface area (TPSA) is 29.9 Å². The molecule has 2 heterocycles. The van der Waals surface area contributed by atoms with Crippen molar-refractivity contribution in [2.45, 2.75) is 38.8 Å². The molecule has 0 amide bonds. The van der Waals surface area contributed by atoms with Gasteiger partial charge in [0.25, 0.3) is 0 Å². The molecule has 2 aromatic rings. The first-order valence-corrected chi connectivity index (χ1v) is 8.70. The summed E-state index contributed by atoms with van der Waals surface area (Å²) in [4.78, 5) is 4.58. The van der Waals surface area contributed by atoms with E-state index in [1.165, 1.54) is 0 Å². The third-order valence-electron chi connectivity index (χ3n) is 4.18. The molecule has 124 valence electrons. The Balaban J connectivity index is 1.82. The molecule has 0 spiro atoms. The van der Waals surface area contributed by atoms with E-state index in [0.29, 0.717) is 12.5 Å². The maximum atomic E-state index is 13.8. The molecule has 0 radical (unpaired) electrons. The lowest BCUT2D eigenvalue weighted by Crippen LogP contribution is -2.34. The molecule has 1 N–H and O–H groups in total. The van der Waals surface area contributed by atoms with Gasteiger partial charge >= 0.3 is 0 Å². The minimum Gasteiger partial charge on any atom is -0.328 e. The zero-order chi connectivity index (χ0) is 16.6. The monoisotopic (exact) mass is 435 g/mol. The number of aryl methyl sites for hydroxylation is 2. The fraction of sp³-hybridized carbons (Fsp3) is 0.438. The summed E-state index contributed by atoms with van der Waals surface area (Å²) in [6, 6.07) is 1.65. The van der Waals surface area contributed by atoms with E-state index in [1.807, 2.05) is 0 Å². The molecular formula is C16H17F3IN3. The van der Waals surface area contributed by atoms with E-state index < -0.39 is 17.5 Å². The lowest BCUT2D eigenvalue weighted by molar-refractivity contribution is 0.395. The molecule has 3 nitrogen and oxygen atoms in total. The maximum absolute atomic E-state index is 13.8. The van der Waals surface area contributed by atoms with Crippen LogP contribution in [0.15, 0.2) is 12.1 Å². The Hall–Kier alpha value is -1.09. The molecule has 0 aliphatic carbocycles. The average molecular weight is 435 g/mol. The van der Waals surface area contributed by atoms with E-state index >= 15 is 0 Å². The largest absolute Gasteiger partial charge is 0.328 e. The molecule has 1 aliphatic rings. The molecule has 0 bridgehead atoms. The highest BCUT2D eigenvalue weighted by Gasteiger charge is 2.26. The summed E-state index contributed by atoms with van der Waals surface area (Å²) in [5, 5.41) is 3.40. The summed E-state index contributed by atoms with van der Waals surface area (Å²) >= 11 is 2.21. The summed E-state index contributed by atoms with van der Waals surface area (Å²) < 4.78 is 43.5. The van der Waals surface area contributed by atoms with E-state index in [4.69, 9.17) is 0 Å². The van der Waals surface area contributed by atoms with Gasteiger partial charge in [0.2, 0.25) is 0 Å². The van der Waals surface area contributed by atoms with Crippen LogP contribution in [0.25, 0.3) is 0 Å². The number of aromatic nitrogens is 2. The Morgan fingerprint density at radius 1 is 1.35 bits per heavy atom. The van der Waals surface area contributed by atoms with Gasteiger partial charge in [-0.05, 0) is 47.1 Å². The van der Waals surface area contributed by atoms with Gasteiger partial charge in [0.05, 0.1) is 11.7 Å². The minimum absolute atomic E-state index is 0.00850.